The van der Waals surface area contributed by atoms with Gasteiger partial charge in [-0.1, -0.05) is 13.8 Å². The number of hydrogen-bond donors (Lipinski definition) is 0. The van der Waals surface area contributed by atoms with Crippen molar-refractivity contribution in [3.63, 3.8) is 0 Å². The molecule has 0 rings (SSSR count). The van der Waals surface area contributed by atoms with Crippen LogP contribution in [0.2, 0.25) is 0 Å². The normalized spacial score (nSPS) is 8.31. The van der Waals surface area contributed by atoms with Gasteiger partial charge in [0.15, 0.2) is 0 Å². The van der Waals surface area contributed by atoms with Crippen molar-refractivity contribution >= 4 is 17.3 Å². The van der Waals surface area contributed by atoms with Crippen LogP contribution >= 0.6 is 0 Å². The predicted octanol–water partition coefficient (Wildman–Crippen LogP) is 1.93. The van der Waals surface area contributed by atoms with Crippen LogP contribution in [0.15, 0.2) is 0 Å². The van der Waals surface area contributed by atoms with E-state index in [1.807, 2.05) is 6.92 Å². The average molecular weight is 186 g/mol. The van der Waals surface area contributed by atoms with E-state index in [0.29, 0.717) is 12.8 Å². The van der Waals surface area contributed by atoms with Crippen LogP contribution in [0.4, 0.5) is 0 Å². The van der Waals surface area contributed by atoms with E-state index in [1.54, 1.807) is 13.8 Å². The molecule has 0 aliphatic rings. The van der Waals surface area contributed by atoms with Gasteiger partial charge in [0.05, 0.1) is 6.42 Å². The minimum Gasteiger partial charge on any atom is -0.300 e. The third kappa shape index (κ3) is 18.2. The molecule has 0 saturated carbocycles. The average Bonchev–Trinajstić information content (AvgIpc) is 2.04. The summed E-state index contributed by atoms with van der Waals surface area (Å²) >= 11 is 0. The number of carbonyl (C=O) groups excluding carboxylic acids is 3. The van der Waals surface area contributed by atoms with Gasteiger partial charge in [-0.2, -0.15) is 0 Å². The third-order valence-corrected chi connectivity index (χ3v) is 1.34. The van der Waals surface area contributed by atoms with Crippen LogP contribution in [0, 0.1) is 0 Å². The molecule has 0 amide bonds. The van der Waals surface area contributed by atoms with Gasteiger partial charge in [-0.3, -0.25) is 9.59 Å². The predicted molar refractivity (Wildman–Crippen MR) is 51.6 cm³/mol. The Balaban J connectivity index is 0. The summed E-state index contributed by atoms with van der Waals surface area (Å²) in [6.45, 7) is 6.61. The van der Waals surface area contributed by atoms with E-state index < -0.39 is 0 Å². The number of rotatable bonds is 4. The Morgan fingerprint density at radius 2 is 1.23 bits per heavy atom. The second-order valence-electron chi connectivity index (χ2n) is 2.83. The lowest BCUT2D eigenvalue weighted by Crippen LogP contribution is -2.01. The number of carbonyl (C=O) groups is 3. The summed E-state index contributed by atoms with van der Waals surface area (Å²) in [6, 6.07) is 0. The van der Waals surface area contributed by atoms with Crippen LogP contribution in [-0.2, 0) is 14.4 Å². The molecule has 0 N–H and O–H groups in total. The van der Waals surface area contributed by atoms with E-state index in [2.05, 4.69) is 0 Å². The first-order valence-electron chi connectivity index (χ1n) is 4.44. The fourth-order valence-corrected chi connectivity index (χ4v) is 0.403. The van der Waals surface area contributed by atoms with Crippen molar-refractivity contribution in [3.05, 3.63) is 0 Å². The Morgan fingerprint density at radius 1 is 0.846 bits per heavy atom. The van der Waals surface area contributed by atoms with Crippen LogP contribution in [-0.4, -0.2) is 17.3 Å². The molecule has 0 aliphatic carbocycles. The van der Waals surface area contributed by atoms with Gasteiger partial charge in [-0.15, -0.1) is 0 Å². The van der Waals surface area contributed by atoms with E-state index in [9.17, 15) is 14.4 Å². The molecule has 0 heterocycles. The molecule has 0 radical (unpaired) electrons. The zero-order valence-electron chi connectivity index (χ0n) is 8.85. The van der Waals surface area contributed by atoms with Gasteiger partial charge in [0.1, 0.15) is 17.3 Å². The molecule has 13 heavy (non-hydrogen) atoms. The summed E-state index contributed by atoms with van der Waals surface area (Å²) in [4.78, 5) is 30.4. The van der Waals surface area contributed by atoms with Crippen molar-refractivity contribution in [2.24, 2.45) is 0 Å². The maximum absolute atomic E-state index is 10.4. The molecule has 0 aromatic rings. The molecule has 0 aromatic heterocycles. The molecular formula is C10H18O3. The lowest BCUT2D eigenvalue weighted by atomic mass is 10.2. The standard InChI is InChI=1S/C6H10O2.C4H8O/c1-3-6(8)4-5(2)7;1-3-4(2)5/h3-4H2,1-2H3;3H2,1-2H3. The zero-order chi connectivity index (χ0) is 10.9. The lowest BCUT2D eigenvalue weighted by molar-refractivity contribution is -0.125. The summed E-state index contributed by atoms with van der Waals surface area (Å²) in [5.74, 6) is 0.236. The second-order valence-corrected chi connectivity index (χ2v) is 2.83. The number of ketones is 3. The van der Waals surface area contributed by atoms with Crippen molar-refractivity contribution in [2.75, 3.05) is 0 Å². The van der Waals surface area contributed by atoms with Crippen LogP contribution < -0.4 is 0 Å². The van der Waals surface area contributed by atoms with Crippen molar-refractivity contribution in [3.8, 4) is 0 Å². The van der Waals surface area contributed by atoms with Crippen LogP contribution in [0.5, 0.6) is 0 Å². The highest BCUT2D eigenvalue weighted by Gasteiger charge is 1.99. The maximum atomic E-state index is 10.4. The maximum Gasteiger partial charge on any atom is 0.139 e. The summed E-state index contributed by atoms with van der Waals surface area (Å²) in [6.07, 6.45) is 1.25. The van der Waals surface area contributed by atoms with E-state index in [4.69, 9.17) is 0 Å². The first-order chi connectivity index (χ1) is 5.93. The van der Waals surface area contributed by atoms with E-state index in [1.165, 1.54) is 6.92 Å². The third-order valence-electron chi connectivity index (χ3n) is 1.34. The van der Waals surface area contributed by atoms with Crippen LogP contribution in [0.3, 0.4) is 0 Å². The van der Waals surface area contributed by atoms with Gasteiger partial charge in [-0.25, -0.2) is 0 Å². The number of Topliss-reactive ketones (excluding diaryl/α,β-unsaturated/α-hetero) is 3. The van der Waals surface area contributed by atoms with Crippen molar-refractivity contribution < 1.29 is 14.4 Å². The van der Waals surface area contributed by atoms with Gasteiger partial charge in [0.25, 0.3) is 0 Å². The smallest absolute Gasteiger partial charge is 0.139 e. The molecule has 0 spiro atoms. The highest BCUT2D eigenvalue weighted by molar-refractivity contribution is 5.97. The fraction of sp³-hybridized carbons (Fsp3) is 0.700. The molecule has 3 nitrogen and oxygen atoms in total. The van der Waals surface area contributed by atoms with E-state index >= 15 is 0 Å². The quantitative estimate of drug-likeness (QED) is 0.630. The SMILES string of the molecule is CCC(=O)CC(C)=O.CCC(C)=O. The van der Waals surface area contributed by atoms with Crippen molar-refractivity contribution in [1.29, 1.82) is 0 Å². The van der Waals surface area contributed by atoms with Gasteiger partial charge < -0.3 is 4.79 Å². The van der Waals surface area contributed by atoms with Gasteiger partial charge in [0.2, 0.25) is 0 Å². The topological polar surface area (TPSA) is 51.2 Å². The summed E-state index contributed by atoms with van der Waals surface area (Å²) < 4.78 is 0. The number of hydrogen-bond acceptors (Lipinski definition) is 3. The Hall–Kier alpha value is -0.990. The molecule has 76 valence electrons. The van der Waals surface area contributed by atoms with Gasteiger partial charge in [0, 0.05) is 12.8 Å². The molecule has 0 atom stereocenters. The fourth-order valence-electron chi connectivity index (χ4n) is 0.403. The summed E-state index contributed by atoms with van der Waals surface area (Å²) in [5.41, 5.74) is 0. The molecule has 0 fully saturated rings. The summed E-state index contributed by atoms with van der Waals surface area (Å²) in [7, 11) is 0. The van der Waals surface area contributed by atoms with Gasteiger partial charge in [-0.05, 0) is 13.8 Å². The summed E-state index contributed by atoms with van der Waals surface area (Å²) in [5, 5.41) is 0. The van der Waals surface area contributed by atoms with Gasteiger partial charge >= 0.3 is 0 Å². The van der Waals surface area contributed by atoms with E-state index in [-0.39, 0.29) is 23.8 Å². The minimum atomic E-state index is -0.0446. The Labute approximate surface area is 79.5 Å². The largest absolute Gasteiger partial charge is 0.300 e. The minimum absolute atomic E-state index is 0.0255. The highest BCUT2D eigenvalue weighted by Crippen LogP contribution is 1.87. The zero-order valence-corrected chi connectivity index (χ0v) is 8.85. The first-order valence-corrected chi connectivity index (χ1v) is 4.44. The lowest BCUT2D eigenvalue weighted by Gasteiger charge is -1.87. The second kappa shape index (κ2) is 9.10. The van der Waals surface area contributed by atoms with E-state index in [0.717, 1.165) is 0 Å². The molecule has 3 heteroatoms. The molecule has 0 bridgehead atoms. The molecule has 0 unspecified atom stereocenters. The van der Waals surface area contributed by atoms with Crippen molar-refractivity contribution in [2.45, 2.75) is 47.0 Å². The Kier molecular flexibility index (Phi) is 10.2. The highest BCUT2D eigenvalue weighted by atomic mass is 16.1. The molecule has 0 aromatic carbocycles. The van der Waals surface area contributed by atoms with Crippen LogP contribution in [0.1, 0.15) is 47.0 Å². The Bertz CT molecular complexity index is 183. The Morgan fingerprint density at radius 3 is 1.31 bits per heavy atom. The van der Waals surface area contributed by atoms with Crippen LogP contribution in [0.25, 0.3) is 0 Å². The monoisotopic (exact) mass is 186 g/mol. The van der Waals surface area contributed by atoms with Crippen molar-refractivity contribution in [1.82, 2.24) is 0 Å². The molecular weight excluding hydrogens is 168 g/mol. The first kappa shape index (κ1) is 14.5. The molecule has 0 saturated heterocycles. The molecule has 0 aliphatic heterocycles.